The van der Waals surface area contributed by atoms with Gasteiger partial charge < -0.3 is 15.9 Å². The molecule has 0 fully saturated rings. The maximum Gasteiger partial charge on any atom is 0.426 e. The first kappa shape index (κ1) is 18.2. The highest BCUT2D eigenvalue weighted by atomic mass is 16.4. The molecule has 6 N–H and O–H groups in total. The highest BCUT2D eigenvalue weighted by Gasteiger charge is 2.20. The Hall–Kier alpha value is -2.81. The van der Waals surface area contributed by atoms with E-state index in [4.69, 9.17) is 10.8 Å². The molecule has 1 atom stereocenters. The van der Waals surface area contributed by atoms with Gasteiger partial charge in [-0.1, -0.05) is 12.1 Å². The Morgan fingerprint density at radius 2 is 1.87 bits per heavy atom. The summed E-state index contributed by atoms with van der Waals surface area (Å²) in [5.74, 6) is -0.568. The molecule has 0 saturated heterocycles. The van der Waals surface area contributed by atoms with E-state index in [2.05, 4.69) is 5.43 Å². The van der Waals surface area contributed by atoms with Gasteiger partial charge in [0.2, 0.25) is 5.91 Å². The molecule has 0 spiro atoms. The molecule has 0 aromatic heterocycles. The lowest BCUT2D eigenvalue weighted by Gasteiger charge is -2.27. The molecule has 1 aromatic carbocycles. The lowest BCUT2D eigenvalue weighted by molar-refractivity contribution is -0.120. The van der Waals surface area contributed by atoms with Crippen LogP contribution in [-0.4, -0.2) is 39.3 Å². The Kier molecular flexibility index (Phi) is 6.81. The average Bonchev–Trinajstić information content (AvgIpc) is 2.50. The number of anilines is 1. The summed E-state index contributed by atoms with van der Waals surface area (Å²) in [4.78, 5) is 33.2. The fourth-order valence-electron chi connectivity index (χ4n) is 1.84. The van der Waals surface area contributed by atoms with Crippen molar-refractivity contribution in [3.63, 3.8) is 0 Å². The van der Waals surface area contributed by atoms with Gasteiger partial charge in [-0.3, -0.25) is 15.5 Å². The summed E-state index contributed by atoms with van der Waals surface area (Å²) >= 11 is 0. The van der Waals surface area contributed by atoms with Crippen LogP contribution in [0.5, 0.6) is 0 Å². The second kappa shape index (κ2) is 8.59. The number of imide groups is 1. The van der Waals surface area contributed by atoms with E-state index in [0.29, 0.717) is 11.3 Å². The number of aliphatic hydroxyl groups excluding tert-OH is 1. The molecular formula is C14H20N4O5. The van der Waals surface area contributed by atoms with Crippen LogP contribution in [0.4, 0.5) is 15.3 Å². The zero-order chi connectivity index (χ0) is 17.4. The van der Waals surface area contributed by atoms with Crippen molar-refractivity contribution in [1.82, 2.24) is 10.3 Å². The number of aliphatic hydroxyl groups is 1. The number of carbonyl (C=O) groups is 3. The summed E-state index contributed by atoms with van der Waals surface area (Å²) in [7, 11) is 0. The molecule has 1 aromatic rings. The second-order valence-electron chi connectivity index (χ2n) is 4.92. The fourth-order valence-corrected chi connectivity index (χ4v) is 1.84. The third-order valence-corrected chi connectivity index (χ3v) is 3.08. The first-order chi connectivity index (χ1) is 10.8. The van der Waals surface area contributed by atoms with Crippen LogP contribution in [0.3, 0.4) is 0 Å². The lowest BCUT2D eigenvalue weighted by Crippen LogP contribution is -2.43. The van der Waals surface area contributed by atoms with E-state index >= 15 is 0 Å². The number of amides is 4. The highest BCUT2D eigenvalue weighted by Crippen LogP contribution is 2.14. The van der Waals surface area contributed by atoms with Crippen LogP contribution in [0.15, 0.2) is 24.3 Å². The van der Waals surface area contributed by atoms with Gasteiger partial charge in [-0.15, -0.1) is 0 Å². The number of carboxylic acid groups (broad SMARTS) is 1. The molecule has 9 nitrogen and oxygen atoms in total. The predicted molar refractivity (Wildman–Crippen MR) is 82.3 cm³/mol. The number of nitrogens with zero attached hydrogens (tertiary/aromatic N) is 1. The number of benzene rings is 1. The summed E-state index contributed by atoms with van der Waals surface area (Å²) in [6.45, 7) is 1.52. The molecule has 23 heavy (non-hydrogen) atoms. The van der Waals surface area contributed by atoms with Crippen molar-refractivity contribution >= 4 is 23.7 Å². The van der Waals surface area contributed by atoms with E-state index in [1.807, 2.05) is 5.32 Å². The van der Waals surface area contributed by atoms with Gasteiger partial charge in [-0.05, 0) is 31.0 Å². The molecule has 9 heteroatoms. The fraction of sp³-hybridized carbons (Fsp3) is 0.357. The molecule has 0 saturated carbocycles. The van der Waals surface area contributed by atoms with Gasteiger partial charge in [0.15, 0.2) is 0 Å². The van der Waals surface area contributed by atoms with Crippen LogP contribution >= 0.6 is 0 Å². The Morgan fingerprint density at radius 3 is 2.35 bits per heavy atom. The lowest BCUT2D eigenvalue weighted by atomic mass is 10.1. The van der Waals surface area contributed by atoms with Crippen molar-refractivity contribution in [3.05, 3.63) is 29.8 Å². The second-order valence-corrected chi connectivity index (χ2v) is 4.92. The number of urea groups is 1. The summed E-state index contributed by atoms with van der Waals surface area (Å²) < 4.78 is 0. The smallest absolute Gasteiger partial charge is 0.426 e. The molecule has 0 heterocycles. The number of rotatable bonds is 7. The number of nitrogens with one attached hydrogen (secondary N) is 2. The zero-order valence-electron chi connectivity index (χ0n) is 12.7. The molecular weight excluding hydrogens is 304 g/mol. The first-order valence-corrected chi connectivity index (χ1v) is 6.91. The van der Waals surface area contributed by atoms with Crippen LogP contribution in [0.1, 0.15) is 25.3 Å². The summed E-state index contributed by atoms with van der Waals surface area (Å²) in [5.41, 5.74) is 8.78. The Balaban J connectivity index is 2.63. The summed E-state index contributed by atoms with van der Waals surface area (Å²) in [6, 6.07) is 5.12. The van der Waals surface area contributed by atoms with E-state index in [1.165, 1.54) is 0 Å². The van der Waals surface area contributed by atoms with Crippen molar-refractivity contribution in [2.45, 2.75) is 32.4 Å². The van der Waals surface area contributed by atoms with Crippen LogP contribution < -0.4 is 16.5 Å². The van der Waals surface area contributed by atoms with Gasteiger partial charge in [-0.2, -0.15) is 0 Å². The standard InChI is InChI=1S/C14H20N4O5/c1-9(2-7-12(20)16-13(15)21)18(14(22)23)17-11-5-3-10(8-19)4-6-11/h3-6,9,17,19H,2,7-8H2,1H3,(H,22,23)(H3,15,16,20,21). The normalized spacial score (nSPS) is 11.4. The minimum atomic E-state index is -1.21. The largest absolute Gasteiger partial charge is 0.464 e. The van der Waals surface area contributed by atoms with Crippen LogP contribution in [-0.2, 0) is 11.4 Å². The highest BCUT2D eigenvalue weighted by molar-refractivity contribution is 5.93. The number of carbonyl (C=O) groups excluding carboxylic acids is 2. The molecule has 1 unspecified atom stereocenters. The van der Waals surface area contributed by atoms with E-state index in [1.54, 1.807) is 31.2 Å². The first-order valence-electron chi connectivity index (χ1n) is 6.91. The van der Waals surface area contributed by atoms with Gasteiger partial charge in [0.1, 0.15) is 0 Å². The molecule has 0 aliphatic rings. The maximum absolute atomic E-state index is 11.4. The monoisotopic (exact) mass is 324 g/mol. The van der Waals surface area contributed by atoms with Crippen molar-refractivity contribution in [3.8, 4) is 0 Å². The zero-order valence-corrected chi connectivity index (χ0v) is 12.7. The maximum atomic E-state index is 11.4. The van der Waals surface area contributed by atoms with E-state index < -0.39 is 24.1 Å². The SMILES string of the molecule is CC(CCC(=O)NC(N)=O)N(Nc1ccc(CO)cc1)C(=O)O. The van der Waals surface area contributed by atoms with Gasteiger partial charge in [0.25, 0.3) is 0 Å². The Bertz CT molecular complexity index is 561. The van der Waals surface area contributed by atoms with E-state index in [0.717, 1.165) is 5.01 Å². The van der Waals surface area contributed by atoms with E-state index in [9.17, 15) is 19.5 Å². The summed E-state index contributed by atoms with van der Waals surface area (Å²) in [6.07, 6.45) is -1.05. The topological polar surface area (TPSA) is 145 Å². The van der Waals surface area contributed by atoms with Crippen molar-refractivity contribution < 1.29 is 24.6 Å². The van der Waals surface area contributed by atoms with Gasteiger partial charge in [0, 0.05) is 6.42 Å². The molecule has 1 rings (SSSR count). The molecule has 0 radical (unpaired) electrons. The van der Waals surface area contributed by atoms with Crippen molar-refractivity contribution in [2.24, 2.45) is 5.73 Å². The molecule has 126 valence electrons. The minimum Gasteiger partial charge on any atom is -0.464 e. The molecule has 4 amide bonds. The van der Waals surface area contributed by atoms with Crippen molar-refractivity contribution in [1.29, 1.82) is 0 Å². The summed E-state index contributed by atoms with van der Waals surface area (Å²) in [5, 5.41) is 21.1. The molecule has 0 bridgehead atoms. The van der Waals surface area contributed by atoms with Gasteiger partial charge in [-0.25, -0.2) is 14.6 Å². The van der Waals surface area contributed by atoms with Crippen LogP contribution in [0, 0.1) is 0 Å². The number of hydrazine groups is 1. The molecule has 0 aliphatic heterocycles. The number of hydrogen-bond donors (Lipinski definition) is 5. The molecule has 0 aliphatic carbocycles. The minimum absolute atomic E-state index is 0.0426. The van der Waals surface area contributed by atoms with Gasteiger partial charge in [0.05, 0.1) is 18.3 Å². The third kappa shape index (κ3) is 6.22. The number of primary amides is 1. The van der Waals surface area contributed by atoms with Crippen molar-refractivity contribution in [2.75, 3.05) is 5.43 Å². The van der Waals surface area contributed by atoms with Crippen LogP contribution in [0.2, 0.25) is 0 Å². The van der Waals surface area contributed by atoms with E-state index in [-0.39, 0.29) is 19.4 Å². The quantitative estimate of drug-likeness (QED) is 0.470. The van der Waals surface area contributed by atoms with Crippen LogP contribution in [0.25, 0.3) is 0 Å². The third-order valence-electron chi connectivity index (χ3n) is 3.08. The number of nitrogens with two attached hydrogens (primary N) is 1. The van der Waals surface area contributed by atoms with Gasteiger partial charge >= 0.3 is 12.1 Å². The number of hydrogen-bond acceptors (Lipinski definition) is 5. The Labute approximate surface area is 133 Å². The Morgan fingerprint density at radius 1 is 1.26 bits per heavy atom. The predicted octanol–water partition coefficient (Wildman–Crippen LogP) is 0.849. The average molecular weight is 324 g/mol.